The van der Waals surface area contributed by atoms with Gasteiger partial charge in [-0.1, -0.05) is 23.7 Å². The molecule has 0 spiro atoms. The third-order valence-electron chi connectivity index (χ3n) is 4.66. The molecule has 1 N–H and O–H groups in total. The maximum absolute atomic E-state index is 6.00. The molecule has 0 aliphatic carbocycles. The minimum absolute atomic E-state index is 0.387. The number of halogens is 1. The van der Waals surface area contributed by atoms with Crippen LogP contribution in [0.2, 0.25) is 5.02 Å². The first kappa shape index (κ1) is 16.2. The SMILES string of the molecule is CN1CCCC(Nc2nnc(-c3ccc(Cl)cc3)c3ccncc23)C1. The zero-order valence-corrected chi connectivity index (χ0v) is 14.9. The number of fused-ring (bicyclic) bond motifs is 1. The molecule has 1 aliphatic heterocycles. The molecule has 2 aromatic heterocycles. The van der Waals surface area contributed by atoms with Crippen LogP contribution in [0.25, 0.3) is 22.0 Å². The smallest absolute Gasteiger partial charge is 0.158 e. The zero-order chi connectivity index (χ0) is 17.2. The Labute approximate surface area is 152 Å². The Morgan fingerprint density at radius 1 is 1.12 bits per heavy atom. The molecule has 1 unspecified atom stereocenters. The van der Waals surface area contributed by atoms with Crippen molar-refractivity contribution in [3.8, 4) is 11.3 Å². The van der Waals surface area contributed by atoms with Crippen molar-refractivity contribution in [3.63, 3.8) is 0 Å². The molecule has 0 bridgehead atoms. The van der Waals surface area contributed by atoms with Gasteiger partial charge in [0.2, 0.25) is 0 Å². The highest BCUT2D eigenvalue weighted by molar-refractivity contribution is 6.30. The van der Waals surface area contributed by atoms with E-state index in [0.717, 1.165) is 47.4 Å². The fourth-order valence-electron chi connectivity index (χ4n) is 3.40. The van der Waals surface area contributed by atoms with E-state index in [4.69, 9.17) is 11.6 Å². The summed E-state index contributed by atoms with van der Waals surface area (Å²) in [6, 6.07) is 10.1. The molecule has 0 amide bonds. The van der Waals surface area contributed by atoms with Crippen molar-refractivity contribution in [2.45, 2.75) is 18.9 Å². The summed E-state index contributed by atoms with van der Waals surface area (Å²) in [6.45, 7) is 2.17. The predicted octanol–water partition coefficient (Wildman–Crippen LogP) is 3.85. The molecule has 5 nitrogen and oxygen atoms in total. The summed E-state index contributed by atoms with van der Waals surface area (Å²) in [5.41, 5.74) is 1.84. The first-order valence-corrected chi connectivity index (χ1v) is 8.90. The first-order chi connectivity index (χ1) is 12.2. The second-order valence-electron chi connectivity index (χ2n) is 6.57. The number of piperidine rings is 1. The van der Waals surface area contributed by atoms with Crippen molar-refractivity contribution >= 4 is 28.2 Å². The van der Waals surface area contributed by atoms with Crippen LogP contribution < -0.4 is 5.32 Å². The molecule has 1 aliphatic rings. The van der Waals surface area contributed by atoms with Crippen molar-refractivity contribution < 1.29 is 0 Å². The second kappa shape index (κ2) is 6.94. The third kappa shape index (κ3) is 3.43. The number of hydrogen-bond acceptors (Lipinski definition) is 5. The number of anilines is 1. The highest BCUT2D eigenvalue weighted by Crippen LogP contribution is 2.30. The lowest BCUT2D eigenvalue weighted by atomic mass is 10.0. The number of aromatic nitrogens is 3. The normalized spacial score (nSPS) is 18.4. The molecule has 1 fully saturated rings. The summed E-state index contributed by atoms with van der Waals surface area (Å²) in [5, 5.41) is 15.3. The van der Waals surface area contributed by atoms with E-state index in [9.17, 15) is 0 Å². The minimum Gasteiger partial charge on any atom is -0.364 e. The summed E-state index contributed by atoms with van der Waals surface area (Å²) in [5.74, 6) is 0.807. The van der Waals surface area contributed by atoms with E-state index in [0.29, 0.717) is 11.1 Å². The van der Waals surface area contributed by atoms with Crippen LogP contribution in [0.4, 0.5) is 5.82 Å². The van der Waals surface area contributed by atoms with Crippen molar-refractivity contribution in [3.05, 3.63) is 47.7 Å². The van der Waals surface area contributed by atoms with Crippen molar-refractivity contribution in [2.75, 3.05) is 25.5 Å². The molecule has 4 rings (SSSR count). The fraction of sp³-hybridized carbons (Fsp3) is 0.316. The van der Waals surface area contributed by atoms with Crippen LogP contribution in [0.15, 0.2) is 42.7 Å². The lowest BCUT2D eigenvalue weighted by molar-refractivity contribution is 0.261. The summed E-state index contributed by atoms with van der Waals surface area (Å²) in [6.07, 6.45) is 5.99. The Morgan fingerprint density at radius 3 is 2.76 bits per heavy atom. The molecule has 0 radical (unpaired) electrons. The van der Waals surface area contributed by atoms with Gasteiger partial charge in [0.05, 0.1) is 0 Å². The molecule has 0 saturated carbocycles. The molecule has 1 aromatic carbocycles. The number of hydrogen-bond donors (Lipinski definition) is 1. The van der Waals surface area contributed by atoms with E-state index in [2.05, 4.69) is 32.4 Å². The van der Waals surface area contributed by atoms with E-state index in [-0.39, 0.29) is 0 Å². The van der Waals surface area contributed by atoms with E-state index in [1.54, 1.807) is 6.20 Å². The number of nitrogens with zero attached hydrogens (tertiary/aromatic N) is 4. The van der Waals surface area contributed by atoms with Crippen LogP contribution in [0, 0.1) is 0 Å². The quantitative estimate of drug-likeness (QED) is 0.775. The molecule has 25 heavy (non-hydrogen) atoms. The summed E-state index contributed by atoms with van der Waals surface area (Å²) >= 11 is 6.00. The van der Waals surface area contributed by atoms with Crippen LogP contribution in [-0.2, 0) is 0 Å². The number of likely N-dealkylation sites (N-methyl/N-ethyl adjacent to an activating group) is 1. The van der Waals surface area contributed by atoms with Crippen LogP contribution in [0.5, 0.6) is 0 Å². The average Bonchev–Trinajstić information content (AvgIpc) is 2.63. The van der Waals surface area contributed by atoms with Crippen LogP contribution >= 0.6 is 11.6 Å². The maximum Gasteiger partial charge on any atom is 0.158 e. The number of rotatable bonds is 3. The van der Waals surface area contributed by atoms with Gasteiger partial charge in [-0.3, -0.25) is 4.98 Å². The van der Waals surface area contributed by atoms with E-state index in [1.807, 2.05) is 36.5 Å². The van der Waals surface area contributed by atoms with Gasteiger partial charge in [-0.15, -0.1) is 10.2 Å². The average molecular weight is 354 g/mol. The van der Waals surface area contributed by atoms with Gasteiger partial charge in [0, 0.05) is 46.3 Å². The molecular formula is C19H20ClN5. The van der Waals surface area contributed by atoms with Crippen LogP contribution in [-0.4, -0.2) is 46.3 Å². The number of benzene rings is 1. The van der Waals surface area contributed by atoms with Gasteiger partial charge in [0.1, 0.15) is 5.69 Å². The Morgan fingerprint density at radius 2 is 1.96 bits per heavy atom. The topological polar surface area (TPSA) is 53.9 Å². The number of likely N-dealkylation sites (tertiary alicyclic amines) is 1. The maximum atomic E-state index is 6.00. The summed E-state index contributed by atoms with van der Waals surface area (Å²) < 4.78 is 0. The molecule has 3 aromatic rings. The van der Waals surface area contributed by atoms with Gasteiger partial charge >= 0.3 is 0 Å². The molecular weight excluding hydrogens is 334 g/mol. The van der Waals surface area contributed by atoms with Crippen molar-refractivity contribution in [2.24, 2.45) is 0 Å². The van der Waals surface area contributed by atoms with Gasteiger partial charge in [-0.25, -0.2) is 0 Å². The number of nitrogens with one attached hydrogen (secondary N) is 1. The lowest BCUT2D eigenvalue weighted by Gasteiger charge is -2.30. The van der Waals surface area contributed by atoms with Gasteiger partial charge in [0.15, 0.2) is 5.82 Å². The minimum atomic E-state index is 0.387. The lowest BCUT2D eigenvalue weighted by Crippen LogP contribution is -2.40. The van der Waals surface area contributed by atoms with Crippen LogP contribution in [0.1, 0.15) is 12.8 Å². The van der Waals surface area contributed by atoms with Gasteiger partial charge in [0.25, 0.3) is 0 Å². The van der Waals surface area contributed by atoms with Gasteiger partial charge in [-0.05, 0) is 44.6 Å². The zero-order valence-electron chi connectivity index (χ0n) is 14.1. The molecule has 6 heteroatoms. The van der Waals surface area contributed by atoms with Gasteiger partial charge in [-0.2, -0.15) is 0 Å². The van der Waals surface area contributed by atoms with Crippen LogP contribution in [0.3, 0.4) is 0 Å². The largest absolute Gasteiger partial charge is 0.364 e. The van der Waals surface area contributed by atoms with E-state index in [1.165, 1.54) is 6.42 Å². The number of pyridine rings is 1. The fourth-order valence-corrected chi connectivity index (χ4v) is 3.53. The summed E-state index contributed by atoms with van der Waals surface area (Å²) in [7, 11) is 2.16. The Kier molecular flexibility index (Phi) is 4.51. The Hall–Kier alpha value is -2.24. The van der Waals surface area contributed by atoms with E-state index < -0.39 is 0 Å². The van der Waals surface area contributed by atoms with Crippen molar-refractivity contribution in [1.82, 2.24) is 20.1 Å². The monoisotopic (exact) mass is 353 g/mol. The second-order valence-corrected chi connectivity index (χ2v) is 7.01. The first-order valence-electron chi connectivity index (χ1n) is 8.52. The Balaban J connectivity index is 1.73. The molecule has 1 saturated heterocycles. The third-order valence-corrected chi connectivity index (χ3v) is 4.92. The molecule has 128 valence electrons. The van der Waals surface area contributed by atoms with E-state index >= 15 is 0 Å². The molecule has 1 atom stereocenters. The summed E-state index contributed by atoms with van der Waals surface area (Å²) in [4.78, 5) is 6.64. The predicted molar refractivity (Wildman–Crippen MR) is 102 cm³/mol. The Bertz CT molecular complexity index is 881. The van der Waals surface area contributed by atoms with Crippen molar-refractivity contribution in [1.29, 1.82) is 0 Å². The highest BCUT2D eigenvalue weighted by atomic mass is 35.5. The standard InChI is InChI=1S/C19H20ClN5/c1-25-10-2-3-15(12-25)22-19-17-11-21-9-8-16(17)18(23-24-19)13-4-6-14(20)7-5-13/h4-9,11,15H,2-3,10,12H2,1H3,(H,22,24). The molecule has 3 heterocycles. The highest BCUT2D eigenvalue weighted by Gasteiger charge is 2.19. The van der Waals surface area contributed by atoms with Gasteiger partial charge < -0.3 is 10.2 Å².